The molecule has 7 heteroatoms. The van der Waals surface area contributed by atoms with Crippen molar-refractivity contribution in [2.45, 2.75) is 38.5 Å². The second-order valence-corrected chi connectivity index (χ2v) is 6.44. The Balaban J connectivity index is 2.04. The topological polar surface area (TPSA) is 33.2 Å². The molecular formula is C18H18F4N2O. The van der Waals surface area contributed by atoms with E-state index in [1.54, 1.807) is 17.9 Å². The van der Waals surface area contributed by atoms with Crippen LogP contribution >= 0.6 is 0 Å². The van der Waals surface area contributed by atoms with Crippen molar-refractivity contribution < 1.29 is 22.4 Å². The summed E-state index contributed by atoms with van der Waals surface area (Å²) in [7, 11) is 0. The molecule has 1 fully saturated rings. The molecule has 1 amide bonds. The van der Waals surface area contributed by atoms with Crippen molar-refractivity contribution in [1.82, 2.24) is 9.88 Å². The summed E-state index contributed by atoms with van der Waals surface area (Å²) < 4.78 is 55.5. The van der Waals surface area contributed by atoms with Crippen LogP contribution in [-0.2, 0) is 4.79 Å². The number of rotatable bonds is 2. The fourth-order valence-corrected chi connectivity index (χ4v) is 3.35. The van der Waals surface area contributed by atoms with Crippen molar-refractivity contribution in [1.29, 1.82) is 0 Å². The van der Waals surface area contributed by atoms with Gasteiger partial charge >= 0.3 is 0 Å². The zero-order chi connectivity index (χ0) is 18.1. The molecule has 0 saturated carbocycles. The molecule has 1 atom stereocenters. The van der Waals surface area contributed by atoms with Gasteiger partial charge in [-0.3, -0.25) is 4.79 Å². The van der Waals surface area contributed by atoms with Gasteiger partial charge in [0.15, 0.2) is 11.6 Å². The van der Waals surface area contributed by atoms with E-state index in [1.807, 2.05) is 0 Å². The van der Waals surface area contributed by atoms with Gasteiger partial charge in [0.1, 0.15) is 0 Å². The summed E-state index contributed by atoms with van der Waals surface area (Å²) in [4.78, 5) is 17.0. The Labute approximate surface area is 143 Å². The number of halogens is 4. The minimum absolute atomic E-state index is 0.148. The zero-order valence-electron chi connectivity index (χ0n) is 13.8. The maximum atomic E-state index is 14.2. The Kier molecular flexibility index (Phi) is 4.92. The highest BCUT2D eigenvalue weighted by Gasteiger charge is 2.34. The summed E-state index contributed by atoms with van der Waals surface area (Å²) in [6.07, 6.45) is 6.27. The lowest BCUT2D eigenvalue weighted by atomic mass is 9.83. The largest absolute Gasteiger partial charge is 0.339 e. The van der Waals surface area contributed by atoms with Gasteiger partial charge in [-0.05, 0) is 32.6 Å². The minimum Gasteiger partial charge on any atom is -0.339 e. The molecule has 1 aromatic rings. The minimum atomic E-state index is -1.71. The summed E-state index contributed by atoms with van der Waals surface area (Å²) in [6, 6.07) is 0. The van der Waals surface area contributed by atoms with Gasteiger partial charge in [-0.2, -0.15) is 13.8 Å². The maximum absolute atomic E-state index is 14.2. The van der Waals surface area contributed by atoms with Crippen LogP contribution in [-0.4, -0.2) is 28.9 Å². The number of piperidine rings is 1. The van der Waals surface area contributed by atoms with Crippen molar-refractivity contribution in [3.63, 3.8) is 0 Å². The number of carbonyl (C=O) groups excluding carboxylic acids is 1. The molecule has 1 aromatic heterocycles. The highest BCUT2D eigenvalue weighted by molar-refractivity contribution is 5.96. The number of aromatic nitrogens is 1. The third-order valence-electron chi connectivity index (χ3n) is 4.66. The van der Waals surface area contributed by atoms with E-state index in [0.717, 1.165) is 24.8 Å². The molecule has 0 radical (unpaired) electrons. The number of hydrogen-bond donors (Lipinski definition) is 0. The fraction of sp³-hybridized carbons (Fsp3) is 0.444. The van der Waals surface area contributed by atoms with Gasteiger partial charge in [0, 0.05) is 30.1 Å². The monoisotopic (exact) mass is 354 g/mol. The van der Waals surface area contributed by atoms with Gasteiger partial charge in [0.05, 0.1) is 0 Å². The molecular weight excluding hydrogens is 336 g/mol. The van der Waals surface area contributed by atoms with Crippen molar-refractivity contribution in [3.8, 4) is 0 Å². The van der Waals surface area contributed by atoms with Crippen LogP contribution in [0.3, 0.4) is 0 Å². The summed E-state index contributed by atoms with van der Waals surface area (Å²) in [6.45, 7) is 2.86. The Morgan fingerprint density at radius 3 is 2.28 bits per heavy atom. The first-order valence-electron chi connectivity index (χ1n) is 8.26. The molecule has 1 aliphatic heterocycles. The van der Waals surface area contributed by atoms with Gasteiger partial charge in [0.25, 0.3) is 11.9 Å². The molecule has 0 aromatic carbocycles. The van der Waals surface area contributed by atoms with Crippen molar-refractivity contribution in [2.24, 2.45) is 0 Å². The molecule has 1 aliphatic carbocycles. The molecule has 0 spiro atoms. The third-order valence-corrected chi connectivity index (χ3v) is 4.66. The highest BCUT2D eigenvalue weighted by atomic mass is 19.2. The Morgan fingerprint density at radius 1 is 1.08 bits per heavy atom. The quantitative estimate of drug-likeness (QED) is 0.457. The standard InChI is InChI=1S/C18H18F4N2O/c1-10-5-6-11(18(25)24-7-3-2-4-8-24)12(9-10)13-14(19)16(21)23-17(22)15(13)20/h6,9,12H,2-5,7-8H2,1H3. The Hall–Kier alpha value is -2.18. The molecule has 3 nitrogen and oxygen atoms in total. The summed E-state index contributed by atoms with van der Waals surface area (Å²) >= 11 is 0. The van der Waals surface area contributed by atoms with Crippen LogP contribution in [0.5, 0.6) is 0 Å². The van der Waals surface area contributed by atoms with E-state index in [-0.39, 0.29) is 11.5 Å². The van der Waals surface area contributed by atoms with Crippen LogP contribution in [0.4, 0.5) is 17.6 Å². The number of carbonyl (C=O) groups is 1. The molecule has 1 saturated heterocycles. The van der Waals surface area contributed by atoms with E-state index in [4.69, 9.17) is 0 Å². The van der Waals surface area contributed by atoms with Crippen LogP contribution in [0.1, 0.15) is 44.1 Å². The first-order chi connectivity index (χ1) is 11.9. The number of amides is 1. The summed E-state index contributed by atoms with van der Waals surface area (Å²) in [5.41, 5.74) is 0.104. The zero-order valence-corrected chi connectivity index (χ0v) is 13.8. The van der Waals surface area contributed by atoms with E-state index < -0.39 is 35.0 Å². The van der Waals surface area contributed by atoms with Crippen LogP contribution in [0.2, 0.25) is 0 Å². The van der Waals surface area contributed by atoms with E-state index in [2.05, 4.69) is 4.98 Å². The smallest absolute Gasteiger partial charge is 0.252 e. The van der Waals surface area contributed by atoms with Crippen LogP contribution in [0, 0.1) is 23.5 Å². The molecule has 1 unspecified atom stereocenters. The average molecular weight is 354 g/mol. The van der Waals surface area contributed by atoms with Gasteiger partial charge in [-0.15, -0.1) is 0 Å². The van der Waals surface area contributed by atoms with Gasteiger partial charge in [-0.1, -0.05) is 17.7 Å². The van der Waals surface area contributed by atoms with E-state index in [9.17, 15) is 22.4 Å². The predicted octanol–water partition coefficient (Wildman–Crippen LogP) is 4.01. The first-order valence-corrected chi connectivity index (χ1v) is 8.26. The second kappa shape index (κ2) is 6.98. The maximum Gasteiger partial charge on any atom is 0.252 e. The van der Waals surface area contributed by atoms with Gasteiger partial charge < -0.3 is 4.90 Å². The Morgan fingerprint density at radius 2 is 1.68 bits per heavy atom. The molecule has 2 heterocycles. The highest BCUT2D eigenvalue weighted by Crippen LogP contribution is 2.37. The lowest BCUT2D eigenvalue weighted by molar-refractivity contribution is -0.128. The van der Waals surface area contributed by atoms with E-state index in [0.29, 0.717) is 19.5 Å². The predicted molar refractivity (Wildman–Crippen MR) is 83.7 cm³/mol. The summed E-state index contributed by atoms with van der Waals surface area (Å²) in [5.74, 6) is -8.06. The van der Waals surface area contributed by atoms with Crippen LogP contribution < -0.4 is 0 Å². The Bertz CT molecular complexity index is 741. The number of pyridine rings is 1. The van der Waals surface area contributed by atoms with Gasteiger partial charge in [-0.25, -0.2) is 8.78 Å². The first kappa shape index (κ1) is 17.6. The molecule has 0 N–H and O–H groups in total. The third kappa shape index (κ3) is 3.32. The molecule has 25 heavy (non-hydrogen) atoms. The molecule has 2 aliphatic rings. The van der Waals surface area contributed by atoms with E-state index >= 15 is 0 Å². The number of likely N-dealkylation sites (tertiary alicyclic amines) is 1. The van der Waals surface area contributed by atoms with Gasteiger partial charge in [0.2, 0.25) is 5.91 Å². The lowest BCUT2D eigenvalue weighted by Gasteiger charge is -2.31. The van der Waals surface area contributed by atoms with E-state index in [1.165, 1.54) is 6.08 Å². The SMILES string of the molecule is CC1=CC(c2c(F)c(F)nc(F)c2F)C(C(=O)N2CCCCC2)=CC1. The van der Waals surface area contributed by atoms with Crippen molar-refractivity contribution in [3.05, 3.63) is 52.4 Å². The average Bonchev–Trinajstić information content (AvgIpc) is 2.61. The number of nitrogens with zero attached hydrogens (tertiary/aromatic N) is 2. The molecule has 3 rings (SSSR count). The molecule has 0 bridgehead atoms. The number of allylic oxidation sites excluding steroid dienone is 3. The second-order valence-electron chi connectivity index (χ2n) is 6.44. The van der Waals surface area contributed by atoms with Crippen molar-refractivity contribution in [2.75, 3.05) is 13.1 Å². The number of hydrogen-bond acceptors (Lipinski definition) is 2. The fourth-order valence-electron chi connectivity index (χ4n) is 3.35. The summed E-state index contributed by atoms with van der Waals surface area (Å²) in [5, 5.41) is 0. The van der Waals surface area contributed by atoms with Crippen LogP contribution in [0.25, 0.3) is 0 Å². The lowest BCUT2D eigenvalue weighted by Crippen LogP contribution is -2.38. The molecule has 134 valence electrons. The normalized spacial score (nSPS) is 21.0. The van der Waals surface area contributed by atoms with Crippen LogP contribution in [0.15, 0.2) is 23.3 Å². The van der Waals surface area contributed by atoms with Crippen molar-refractivity contribution >= 4 is 5.91 Å².